The third-order valence-electron chi connectivity index (χ3n) is 9.62. The Hall–Kier alpha value is -4.08. The molecule has 0 saturated carbocycles. The standard InChI is InChI=1S/C36H37N3O5S/c1-3-44-28-15-13-26(14-16-28)37-19-6-17-35(2)29(32(37)41)30-33(42)39(21-8-22-40)31-34(43)38(20-7-18-36(30,31)45-35)27-12-11-24-9-4-5-10-25(24)23-27/h4-7,9-18,23,29-31,40H,3,8,19-22H2,1-2H3/t29-,30+,31?,35+,36+/m1/s1. The Balaban J connectivity index is 1.30. The van der Waals surface area contributed by atoms with Gasteiger partial charge < -0.3 is 24.5 Å². The summed E-state index contributed by atoms with van der Waals surface area (Å²) < 4.78 is 3.95. The molecule has 1 N–H and O–H groups in total. The number of rotatable bonds is 7. The molecule has 4 aliphatic heterocycles. The van der Waals surface area contributed by atoms with E-state index in [1.165, 1.54) is 0 Å². The second-order valence-electron chi connectivity index (χ2n) is 12.3. The summed E-state index contributed by atoms with van der Waals surface area (Å²) in [6, 6.07) is 20.6. The van der Waals surface area contributed by atoms with Crippen LogP contribution in [0.4, 0.5) is 11.4 Å². The summed E-state index contributed by atoms with van der Waals surface area (Å²) in [6.07, 6.45) is 8.44. The van der Waals surface area contributed by atoms with Crippen LogP contribution >= 0.6 is 11.8 Å². The minimum absolute atomic E-state index is 0.103. The van der Waals surface area contributed by atoms with E-state index >= 15 is 0 Å². The number of carbonyl (C=O) groups excluding carboxylic acids is 3. The molecule has 3 aromatic carbocycles. The molecule has 45 heavy (non-hydrogen) atoms. The summed E-state index contributed by atoms with van der Waals surface area (Å²) in [5, 5.41) is 11.9. The van der Waals surface area contributed by atoms with Crippen molar-refractivity contribution >= 4 is 51.6 Å². The summed E-state index contributed by atoms with van der Waals surface area (Å²) >= 11 is 1.57. The largest absolute Gasteiger partial charge is 0.494 e. The number of fused-ring (bicyclic) bond motifs is 3. The molecule has 9 heteroatoms. The van der Waals surface area contributed by atoms with E-state index in [0.29, 0.717) is 26.1 Å². The predicted molar refractivity (Wildman–Crippen MR) is 177 cm³/mol. The number of ether oxygens (including phenoxy) is 1. The third kappa shape index (κ3) is 4.67. The number of thioether (sulfide) groups is 1. The molecule has 2 saturated heterocycles. The topological polar surface area (TPSA) is 90.4 Å². The molecule has 3 aromatic rings. The lowest BCUT2D eigenvalue weighted by Crippen LogP contribution is -2.53. The van der Waals surface area contributed by atoms with E-state index in [2.05, 4.69) is 6.08 Å². The van der Waals surface area contributed by atoms with Gasteiger partial charge in [-0.2, -0.15) is 0 Å². The first-order valence-electron chi connectivity index (χ1n) is 15.6. The molecule has 1 unspecified atom stereocenters. The van der Waals surface area contributed by atoms with Crippen LogP contribution in [0.2, 0.25) is 0 Å². The molecule has 5 atom stereocenters. The fourth-order valence-corrected chi connectivity index (χ4v) is 9.86. The summed E-state index contributed by atoms with van der Waals surface area (Å²) in [6.45, 7) is 5.37. The van der Waals surface area contributed by atoms with Gasteiger partial charge in [0.25, 0.3) is 5.91 Å². The molecule has 0 aromatic heterocycles. The lowest BCUT2D eigenvalue weighted by atomic mass is 9.74. The Bertz CT molecular complexity index is 1720. The summed E-state index contributed by atoms with van der Waals surface area (Å²) in [5.41, 5.74) is 1.50. The first kappa shape index (κ1) is 29.6. The number of benzene rings is 3. The van der Waals surface area contributed by atoms with Gasteiger partial charge in [-0.05, 0) is 67.4 Å². The van der Waals surface area contributed by atoms with Gasteiger partial charge in [-0.25, -0.2) is 0 Å². The number of aliphatic hydroxyl groups excluding tert-OH is 1. The first-order chi connectivity index (χ1) is 21.8. The smallest absolute Gasteiger partial charge is 0.251 e. The minimum atomic E-state index is -0.948. The maximum Gasteiger partial charge on any atom is 0.251 e. The normalized spacial score (nSPS) is 29.1. The molecular formula is C36H37N3O5S. The van der Waals surface area contributed by atoms with Gasteiger partial charge >= 0.3 is 0 Å². The first-order valence-corrected chi connectivity index (χ1v) is 16.4. The molecule has 8 nitrogen and oxygen atoms in total. The summed E-state index contributed by atoms with van der Waals surface area (Å²) in [5.74, 6) is -1.21. The maximum atomic E-state index is 14.7. The van der Waals surface area contributed by atoms with Crippen LogP contribution < -0.4 is 14.5 Å². The molecule has 2 fully saturated rings. The molecular weight excluding hydrogens is 586 g/mol. The zero-order chi connectivity index (χ0) is 31.3. The number of nitrogens with zero attached hydrogens (tertiary/aromatic N) is 3. The van der Waals surface area contributed by atoms with Crippen LogP contribution in [-0.2, 0) is 14.4 Å². The Morgan fingerprint density at radius 2 is 1.53 bits per heavy atom. The van der Waals surface area contributed by atoms with Gasteiger partial charge in [0.2, 0.25) is 11.8 Å². The molecule has 0 radical (unpaired) electrons. The molecule has 7 rings (SSSR count). The van der Waals surface area contributed by atoms with Crippen molar-refractivity contribution in [1.82, 2.24) is 4.90 Å². The van der Waals surface area contributed by atoms with E-state index in [-0.39, 0.29) is 30.9 Å². The third-order valence-corrected chi connectivity index (χ3v) is 11.4. The van der Waals surface area contributed by atoms with Crippen LogP contribution in [0.1, 0.15) is 20.3 Å². The zero-order valence-electron chi connectivity index (χ0n) is 25.5. The van der Waals surface area contributed by atoms with Gasteiger partial charge in [0.05, 0.1) is 23.2 Å². The van der Waals surface area contributed by atoms with Gasteiger partial charge in [-0.3, -0.25) is 14.4 Å². The molecule has 0 aliphatic carbocycles. The van der Waals surface area contributed by atoms with Crippen LogP contribution in [0.3, 0.4) is 0 Å². The van der Waals surface area contributed by atoms with E-state index in [1.807, 2.05) is 98.8 Å². The van der Waals surface area contributed by atoms with Crippen molar-refractivity contribution in [3.05, 3.63) is 91.0 Å². The summed E-state index contributed by atoms with van der Waals surface area (Å²) in [4.78, 5) is 49.0. The maximum absolute atomic E-state index is 14.7. The quantitative estimate of drug-likeness (QED) is 0.380. The fourth-order valence-electron chi connectivity index (χ4n) is 7.70. The molecule has 1 spiro atoms. The van der Waals surface area contributed by atoms with Crippen LogP contribution in [0, 0.1) is 11.8 Å². The van der Waals surface area contributed by atoms with Crippen molar-refractivity contribution in [3.8, 4) is 5.75 Å². The fraction of sp³-hybridized carbons (Fsp3) is 0.361. The Kier molecular flexibility index (Phi) is 7.49. The lowest BCUT2D eigenvalue weighted by molar-refractivity contribution is -0.139. The molecule has 232 valence electrons. The Morgan fingerprint density at radius 3 is 2.27 bits per heavy atom. The Morgan fingerprint density at radius 1 is 0.844 bits per heavy atom. The SMILES string of the molecule is CCOc1ccc(N2CC=C[C@]3(C)S[C@]45C=CCN(c6ccc7ccccc7c6)C(=O)C4N(CCCO)C(=O)[C@@H]5[C@@H]3C2=O)cc1. The monoisotopic (exact) mass is 623 g/mol. The number of anilines is 2. The Labute approximate surface area is 267 Å². The molecule has 4 aliphatic rings. The predicted octanol–water partition coefficient (Wildman–Crippen LogP) is 4.81. The second-order valence-corrected chi connectivity index (χ2v) is 14.1. The highest BCUT2D eigenvalue weighted by Gasteiger charge is 2.74. The lowest BCUT2D eigenvalue weighted by Gasteiger charge is -2.36. The van der Waals surface area contributed by atoms with Gasteiger partial charge in [0, 0.05) is 42.4 Å². The zero-order valence-corrected chi connectivity index (χ0v) is 26.3. The van der Waals surface area contributed by atoms with Gasteiger partial charge in [-0.1, -0.05) is 54.6 Å². The van der Waals surface area contributed by atoms with Gasteiger partial charge in [0.1, 0.15) is 11.8 Å². The van der Waals surface area contributed by atoms with Crippen molar-refractivity contribution in [1.29, 1.82) is 0 Å². The summed E-state index contributed by atoms with van der Waals surface area (Å²) in [7, 11) is 0. The number of amides is 3. The highest BCUT2D eigenvalue weighted by Crippen LogP contribution is 2.65. The second kappa shape index (κ2) is 11.4. The number of likely N-dealkylation sites (tertiary alicyclic amines) is 1. The molecule has 3 amide bonds. The van der Waals surface area contributed by atoms with E-state index in [4.69, 9.17) is 4.74 Å². The van der Waals surface area contributed by atoms with Gasteiger partial charge in [-0.15, -0.1) is 11.8 Å². The number of carbonyl (C=O) groups is 3. The van der Waals surface area contributed by atoms with Gasteiger partial charge in [0.15, 0.2) is 0 Å². The molecule has 4 heterocycles. The van der Waals surface area contributed by atoms with Crippen LogP contribution in [0.15, 0.2) is 91.0 Å². The average molecular weight is 624 g/mol. The van der Waals surface area contributed by atoms with Crippen molar-refractivity contribution < 1.29 is 24.2 Å². The van der Waals surface area contributed by atoms with Crippen molar-refractivity contribution in [2.24, 2.45) is 11.8 Å². The molecule has 0 bridgehead atoms. The highest BCUT2D eigenvalue weighted by atomic mass is 32.2. The number of hydrogen-bond donors (Lipinski definition) is 1. The van der Waals surface area contributed by atoms with E-state index in [9.17, 15) is 19.5 Å². The van der Waals surface area contributed by atoms with E-state index in [0.717, 1.165) is 27.9 Å². The van der Waals surface area contributed by atoms with Crippen LogP contribution in [0.5, 0.6) is 5.75 Å². The highest BCUT2D eigenvalue weighted by molar-refractivity contribution is 8.02. The van der Waals surface area contributed by atoms with Crippen LogP contribution in [-0.4, -0.2) is 76.1 Å². The average Bonchev–Trinajstić information content (AvgIpc) is 3.30. The number of hydrogen-bond acceptors (Lipinski definition) is 6. The van der Waals surface area contributed by atoms with Crippen molar-refractivity contribution in [3.63, 3.8) is 0 Å². The van der Waals surface area contributed by atoms with E-state index in [1.54, 1.807) is 26.5 Å². The number of aliphatic hydroxyl groups is 1. The van der Waals surface area contributed by atoms with Crippen molar-refractivity contribution in [2.75, 3.05) is 42.6 Å². The van der Waals surface area contributed by atoms with Crippen LogP contribution in [0.25, 0.3) is 10.8 Å². The van der Waals surface area contributed by atoms with E-state index < -0.39 is 27.4 Å². The van der Waals surface area contributed by atoms with Crippen molar-refractivity contribution in [2.45, 2.75) is 35.8 Å². The minimum Gasteiger partial charge on any atom is -0.494 e.